The Morgan fingerprint density at radius 1 is 1.00 bits per heavy atom. The number of hydrogen-bond acceptors (Lipinski definition) is 3. The molecule has 5 rings (SSSR count). The highest BCUT2D eigenvalue weighted by Crippen LogP contribution is 2.26. The van der Waals surface area contributed by atoms with Gasteiger partial charge >= 0.3 is 5.97 Å². The first-order valence-corrected chi connectivity index (χ1v) is 14.2. The summed E-state index contributed by atoms with van der Waals surface area (Å²) in [5.74, 6) is 0.653. The van der Waals surface area contributed by atoms with Crippen molar-refractivity contribution < 1.29 is 14.7 Å². The minimum Gasteiger partial charge on any atom is -0.478 e. The second-order valence-electron chi connectivity index (χ2n) is 10.7. The molecule has 1 amide bonds. The number of hydrogen-bond donors (Lipinski definition) is 2. The molecule has 1 aromatic heterocycles. The van der Waals surface area contributed by atoms with Crippen molar-refractivity contribution in [2.75, 3.05) is 6.54 Å². The van der Waals surface area contributed by atoms with Gasteiger partial charge in [-0.15, -0.1) is 0 Å². The molecule has 1 saturated carbocycles. The van der Waals surface area contributed by atoms with Crippen LogP contribution in [-0.4, -0.2) is 33.1 Å². The number of fused-ring (bicyclic) bond motifs is 1. The number of carboxylic acid groups (broad SMARTS) is 1. The molecule has 1 heterocycles. The second-order valence-corrected chi connectivity index (χ2v) is 10.7. The Morgan fingerprint density at radius 3 is 2.51 bits per heavy atom. The maximum absolute atomic E-state index is 13.0. The molecule has 0 atom stereocenters. The fraction of sp³-hybridized carbons (Fsp3) is 0.364. The number of nitrogens with one attached hydrogen (secondary N) is 1. The first-order valence-electron chi connectivity index (χ1n) is 14.2. The van der Waals surface area contributed by atoms with Crippen LogP contribution in [0, 0.1) is 5.92 Å². The van der Waals surface area contributed by atoms with Crippen LogP contribution in [0.25, 0.3) is 22.2 Å². The standard InChI is InChI=1S/C33H37N3O3/c1-2-3-13-31-35-29-19-18-26(32(37)34-21-23-9-5-4-6-10-23)20-30(29)36(31)22-24-14-16-25(17-15-24)27-11-7-8-12-28(27)33(38)39/h7-8,11-12,14-20,23H,2-6,9-10,13,21-22H2,1H3,(H,34,37)(H,38,39). The highest BCUT2D eigenvalue weighted by molar-refractivity contribution is 5.97. The van der Waals surface area contributed by atoms with Crippen molar-refractivity contribution in [2.45, 2.75) is 64.8 Å². The number of rotatable bonds is 10. The number of carbonyl (C=O) groups excluding carboxylic acids is 1. The first kappa shape index (κ1) is 26.7. The van der Waals surface area contributed by atoms with Gasteiger partial charge in [-0.2, -0.15) is 0 Å². The molecule has 0 bridgehead atoms. The van der Waals surface area contributed by atoms with Gasteiger partial charge in [-0.25, -0.2) is 9.78 Å². The van der Waals surface area contributed by atoms with E-state index in [1.54, 1.807) is 12.1 Å². The summed E-state index contributed by atoms with van der Waals surface area (Å²) in [5.41, 5.74) is 5.50. The van der Waals surface area contributed by atoms with E-state index in [2.05, 4.69) is 16.8 Å². The maximum atomic E-state index is 13.0. The number of aryl methyl sites for hydroxylation is 1. The third kappa shape index (κ3) is 6.22. The van der Waals surface area contributed by atoms with E-state index in [0.29, 0.717) is 29.2 Å². The van der Waals surface area contributed by atoms with Crippen molar-refractivity contribution in [3.05, 3.63) is 89.2 Å². The monoisotopic (exact) mass is 523 g/mol. The number of imidazole rings is 1. The van der Waals surface area contributed by atoms with Crippen LogP contribution in [0.2, 0.25) is 0 Å². The van der Waals surface area contributed by atoms with Gasteiger partial charge in [0.05, 0.1) is 16.6 Å². The van der Waals surface area contributed by atoms with Gasteiger partial charge in [0.2, 0.25) is 0 Å². The lowest BCUT2D eigenvalue weighted by Crippen LogP contribution is -2.30. The summed E-state index contributed by atoms with van der Waals surface area (Å²) in [6.45, 7) is 3.55. The van der Waals surface area contributed by atoms with Crippen LogP contribution in [-0.2, 0) is 13.0 Å². The molecule has 0 saturated heterocycles. The third-order valence-electron chi connectivity index (χ3n) is 7.88. The topological polar surface area (TPSA) is 84.2 Å². The Bertz CT molecular complexity index is 1450. The fourth-order valence-corrected chi connectivity index (χ4v) is 5.64. The molecule has 0 aliphatic heterocycles. The van der Waals surface area contributed by atoms with Gasteiger partial charge in [-0.05, 0) is 66.1 Å². The van der Waals surface area contributed by atoms with Crippen molar-refractivity contribution in [2.24, 2.45) is 5.92 Å². The number of aromatic carboxylic acids is 1. The molecule has 0 unspecified atom stereocenters. The van der Waals surface area contributed by atoms with Crippen molar-refractivity contribution in [1.82, 2.24) is 14.9 Å². The van der Waals surface area contributed by atoms with E-state index in [1.807, 2.05) is 54.6 Å². The van der Waals surface area contributed by atoms with E-state index in [1.165, 1.54) is 32.1 Å². The third-order valence-corrected chi connectivity index (χ3v) is 7.88. The van der Waals surface area contributed by atoms with Crippen LogP contribution in [0.5, 0.6) is 0 Å². The van der Waals surface area contributed by atoms with Crippen molar-refractivity contribution in [3.63, 3.8) is 0 Å². The van der Waals surface area contributed by atoms with E-state index >= 15 is 0 Å². The molecule has 2 N–H and O–H groups in total. The highest BCUT2D eigenvalue weighted by atomic mass is 16.4. The van der Waals surface area contributed by atoms with Gasteiger partial charge in [-0.3, -0.25) is 4.79 Å². The van der Waals surface area contributed by atoms with E-state index in [0.717, 1.165) is 53.8 Å². The molecule has 6 heteroatoms. The lowest BCUT2D eigenvalue weighted by Gasteiger charge is -2.21. The molecule has 1 aliphatic rings. The Labute approximate surface area is 230 Å². The molecule has 4 aromatic rings. The molecule has 6 nitrogen and oxygen atoms in total. The Kier molecular flexibility index (Phi) is 8.40. The quantitative estimate of drug-likeness (QED) is 0.232. The van der Waals surface area contributed by atoms with E-state index in [9.17, 15) is 14.7 Å². The van der Waals surface area contributed by atoms with Crippen LogP contribution < -0.4 is 5.32 Å². The number of unbranched alkanes of at least 4 members (excludes halogenated alkanes) is 1. The lowest BCUT2D eigenvalue weighted by molar-refractivity contribution is 0.0697. The molecule has 202 valence electrons. The van der Waals surface area contributed by atoms with Crippen LogP contribution in [0.3, 0.4) is 0 Å². The summed E-state index contributed by atoms with van der Waals surface area (Å²) >= 11 is 0. The number of aromatic nitrogens is 2. The fourth-order valence-electron chi connectivity index (χ4n) is 5.64. The first-order chi connectivity index (χ1) is 19.0. The summed E-state index contributed by atoms with van der Waals surface area (Å²) in [4.78, 5) is 29.7. The molecule has 1 aliphatic carbocycles. The summed E-state index contributed by atoms with van der Waals surface area (Å²) in [5, 5.41) is 12.7. The molecule has 1 fully saturated rings. The number of benzene rings is 3. The Balaban J connectivity index is 1.40. The van der Waals surface area contributed by atoms with Gasteiger partial charge in [0.1, 0.15) is 5.82 Å². The maximum Gasteiger partial charge on any atom is 0.336 e. The molecule has 39 heavy (non-hydrogen) atoms. The van der Waals surface area contributed by atoms with Gasteiger partial charge in [0.25, 0.3) is 5.91 Å². The summed E-state index contributed by atoms with van der Waals surface area (Å²) in [7, 11) is 0. The van der Waals surface area contributed by atoms with Crippen LogP contribution in [0.15, 0.2) is 66.7 Å². The summed E-state index contributed by atoms with van der Waals surface area (Å²) in [6.07, 6.45) is 9.24. The minimum atomic E-state index is -0.932. The Hall–Kier alpha value is -3.93. The summed E-state index contributed by atoms with van der Waals surface area (Å²) in [6, 6.07) is 20.9. The number of carboxylic acids is 1. The van der Waals surface area contributed by atoms with E-state index in [-0.39, 0.29) is 5.91 Å². The number of amides is 1. The molecule has 3 aromatic carbocycles. The normalized spacial score (nSPS) is 14.0. The number of nitrogens with zero attached hydrogens (tertiary/aromatic N) is 2. The van der Waals surface area contributed by atoms with Gasteiger partial charge < -0.3 is 15.0 Å². The average molecular weight is 524 g/mol. The minimum absolute atomic E-state index is 0.0215. The van der Waals surface area contributed by atoms with Gasteiger partial charge in [0, 0.05) is 25.1 Å². The zero-order valence-corrected chi connectivity index (χ0v) is 22.7. The zero-order valence-electron chi connectivity index (χ0n) is 22.7. The van der Waals surface area contributed by atoms with E-state index in [4.69, 9.17) is 4.98 Å². The SMILES string of the molecule is CCCCc1nc2ccc(C(=O)NCC3CCCCC3)cc2n1Cc1ccc(-c2ccccc2C(=O)O)cc1. The molecular formula is C33H37N3O3. The summed E-state index contributed by atoms with van der Waals surface area (Å²) < 4.78 is 2.23. The highest BCUT2D eigenvalue weighted by Gasteiger charge is 2.17. The van der Waals surface area contributed by atoms with Gasteiger partial charge in [-0.1, -0.05) is 75.1 Å². The predicted octanol–water partition coefficient (Wildman–Crippen LogP) is 7.10. The Morgan fingerprint density at radius 2 is 1.77 bits per heavy atom. The van der Waals surface area contributed by atoms with Crippen LogP contribution in [0.4, 0.5) is 0 Å². The van der Waals surface area contributed by atoms with Crippen LogP contribution >= 0.6 is 0 Å². The van der Waals surface area contributed by atoms with Crippen molar-refractivity contribution >= 4 is 22.9 Å². The number of carbonyl (C=O) groups is 2. The average Bonchev–Trinajstić information content (AvgIpc) is 3.31. The van der Waals surface area contributed by atoms with E-state index < -0.39 is 5.97 Å². The molecule has 0 radical (unpaired) electrons. The van der Waals surface area contributed by atoms with Gasteiger partial charge in [0.15, 0.2) is 0 Å². The van der Waals surface area contributed by atoms with Crippen LogP contribution in [0.1, 0.15) is 84.0 Å². The molecular weight excluding hydrogens is 486 g/mol. The van der Waals surface area contributed by atoms with Crippen molar-refractivity contribution in [3.8, 4) is 11.1 Å². The van der Waals surface area contributed by atoms with Crippen molar-refractivity contribution in [1.29, 1.82) is 0 Å². The zero-order chi connectivity index (χ0) is 27.2. The molecule has 0 spiro atoms. The smallest absolute Gasteiger partial charge is 0.336 e. The predicted molar refractivity (Wildman–Crippen MR) is 155 cm³/mol. The largest absolute Gasteiger partial charge is 0.478 e. The second kappa shape index (κ2) is 12.3. The lowest BCUT2D eigenvalue weighted by atomic mass is 9.89.